The van der Waals surface area contributed by atoms with Crippen molar-refractivity contribution in [3.8, 4) is 11.5 Å². The molecule has 2 aromatic carbocycles. The number of rotatable bonds is 3. The van der Waals surface area contributed by atoms with Gasteiger partial charge in [-0.2, -0.15) is 0 Å². The number of ether oxygens (including phenoxy) is 1. The maximum Gasteiger partial charge on any atom is 0.165 e. The highest BCUT2D eigenvalue weighted by atomic mass is 35.5. The lowest BCUT2D eigenvalue weighted by Crippen LogP contribution is -1.89. The average molecular weight is 251 g/mol. The molecule has 0 saturated heterocycles. The van der Waals surface area contributed by atoms with Crippen LogP contribution in [0, 0.1) is 5.82 Å². The molecule has 0 fully saturated rings. The van der Waals surface area contributed by atoms with E-state index in [-0.39, 0.29) is 10.8 Å². The molecule has 0 atom stereocenters. The fourth-order valence-corrected chi connectivity index (χ4v) is 1.55. The van der Waals surface area contributed by atoms with Gasteiger partial charge in [0.05, 0.1) is 5.02 Å². The van der Waals surface area contributed by atoms with E-state index in [1.165, 1.54) is 24.3 Å². The van der Waals surface area contributed by atoms with Gasteiger partial charge in [0, 0.05) is 5.56 Å². The summed E-state index contributed by atoms with van der Waals surface area (Å²) in [5.41, 5.74) is 0.441. The molecule has 0 aliphatic heterocycles. The maximum atomic E-state index is 13.3. The molecule has 0 heterocycles. The van der Waals surface area contributed by atoms with E-state index < -0.39 is 5.82 Å². The predicted molar refractivity (Wildman–Crippen MR) is 63.3 cm³/mol. The van der Waals surface area contributed by atoms with Crippen molar-refractivity contribution < 1.29 is 13.9 Å². The second-order valence-corrected chi connectivity index (χ2v) is 3.75. The Kier molecular flexibility index (Phi) is 3.40. The Morgan fingerprint density at radius 2 is 1.88 bits per heavy atom. The van der Waals surface area contributed by atoms with Crippen molar-refractivity contribution in [3.63, 3.8) is 0 Å². The molecule has 4 heteroatoms. The van der Waals surface area contributed by atoms with E-state index in [1.54, 1.807) is 18.2 Å². The molecule has 0 spiro atoms. The summed E-state index contributed by atoms with van der Waals surface area (Å²) in [5.74, 6) is -0.0707. The van der Waals surface area contributed by atoms with Gasteiger partial charge in [-0.15, -0.1) is 0 Å². The Balaban J connectivity index is 2.31. The number of carbonyl (C=O) groups is 1. The first-order valence-electron chi connectivity index (χ1n) is 4.88. The van der Waals surface area contributed by atoms with Gasteiger partial charge in [0.2, 0.25) is 0 Å². The first kappa shape index (κ1) is 11.6. The van der Waals surface area contributed by atoms with Gasteiger partial charge in [0.1, 0.15) is 12.0 Å². The van der Waals surface area contributed by atoms with Crippen LogP contribution in [0.15, 0.2) is 42.5 Å². The van der Waals surface area contributed by atoms with Crippen molar-refractivity contribution in [2.75, 3.05) is 0 Å². The topological polar surface area (TPSA) is 26.3 Å². The van der Waals surface area contributed by atoms with Crippen molar-refractivity contribution in [1.82, 2.24) is 0 Å². The molecule has 17 heavy (non-hydrogen) atoms. The molecule has 2 aromatic rings. The minimum Gasteiger partial charge on any atom is -0.453 e. The number of aldehydes is 1. The summed E-state index contributed by atoms with van der Waals surface area (Å²) >= 11 is 5.90. The highest BCUT2D eigenvalue weighted by Crippen LogP contribution is 2.30. The summed E-state index contributed by atoms with van der Waals surface area (Å²) < 4.78 is 18.6. The Labute approximate surface area is 103 Å². The molecule has 2 nitrogen and oxygen atoms in total. The minimum absolute atomic E-state index is 0.0910. The molecule has 0 amide bonds. The van der Waals surface area contributed by atoms with E-state index in [0.717, 1.165) is 0 Å². The highest BCUT2D eigenvalue weighted by molar-refractivity contribution is 6.32. The second kappa shape index (κ2) is 4.97. The van der Waals surface area contributed by atoms with Crippen LogP contribution in [0.1, 0.15) is 10.4 Å². The summed E-state index contributed by atoms with van der Waals surface area (Å²) in [6.45, 7) is 0. The van der Waals surface area contributed by atoms with Crippen LogP contribution >= 0.6 is 11.6 Å². The third kappa shape index (κ3) is 2.63. The van der Waals surface area contributed by atoms with Gasteiger partial charge in [-0.1, -0.05) is 23.7 Å². The summed E-state index contributed by atoms with van der Waals surface area (Å²) in [5, 5.41) is 0.262. The van der Waals surface area contributed by atoms with Crippen molar-refractivity contribution in [2.24, 2.45) is 0 Å². The monoisotopic (exact) mass is 250 g/mol. The van der Waals surface area contributed by atoms with Crippen LogP contribution in [0.25, 0.3) is 0 Å². The van der Waals surface area contributed by atoms with E-state index >= 15 is 0 Å². The zero-order valence-corrected chi connectivity index (χ0v) is 9.45. The molecule has 0 radical (unpaired) electrons. The molecule has 0 aliphatic rings. The van der Waals surface area contributed by atoms with Crippen molar-refractivity contribution >= 4 is 17.9 Å². The molecule has 0 unspecified atom stereocenters. The molecule has 2 rings (SSSR count). The summed E-state index contributed by atoms with van der Waals surface area (Å²) in [4.78, 5) is 10.5. The standard InChI is InChI=1S/C13H8ClFO2/c14-10-7-9(8-16)5-6-12(10)17-13-4-2-1-3-11(13)15/h1-8H. The highest BCUT2D eigenvalue weighted by Gasteiger charge is 2.07. The molecule has 86 valence electrons. The third-order valence-electron chi connectivity index (χ3n) is 2.15. The number of benzene rings is 2. The first-order chi connectivity index (χ1) is 8.20. The van der Waals surface area contributed by atoms with Crippen LogP contribution in [0.4, 0.5) is 4.39 Å². The number of hydrogen-bond donors (Lipinski definition) is 0. The van der Waals surface area contributed by atoms with E-state index in [4.69, 9.17) is 16.3 Å². The Morgan fingerprint density at radius 3 is 2.53 bits per heavy atom. The molecular weight excluding hydrogens is 243 g/mol. The lowest BCUT2D eigenvalue weighted by atomic mass is 10.2. The predicted octanol–water partition coefficient (Wildman–Crippen LogP) is 4.08. The van der Waals surface area contributed by atoms with Crippen molar-refractivity contribution in [3.05, 3.63) is 58.9 Å². The molecule has 0 aromatic heterocycles. The molecular formula is C13H8ClFO2. The van der Waals surface area contributed by atoms with E-state index in [2.05, 4.69) is 0 Å². The fraction of sp³-hybridized carbons (Fsp3) is 0. The first-order valence-corrected chi connectivity index (χ1v) is 5.25. The van der Waals surface area contributed by atoms with E-state index in [0.29, 0.717) is 17.6 Å². The summed E-state index contributed by atoms with van der Waals surface area (Å²) in [6.07, 6.45) is 0.679. The van der Waals surface area contributed by atoms with Crippen LogP contribution in [-0.2, 0) is 0 Å². The van der Waals surface area contributed by atoms with Gasteiger partial charge in [-0.25, -0.2) is 4.39 Å². The molecule has 0 N–H and O–H groups in total. The maximum absolute atomic E-state index is 13.3. The number of para-hydroxylation sites is 1. The second-order valence-electron chi connectivity index (χ2n) is 3.34. The number of carbonyl (C=O) groups excluding carboxylic acids is 1. The van der Waals surface area contributed by atoms with Crippen molar-refractivity contribution in [1.29, 1.82) is 0 Å². The molecule has 0 bridgehead atoms. The SMILES string of the molecule is O=Cc1ccc(Oc2ccccc2F)c(Cl)c1. The summed E-state index contributed by atoms with van der Waals surface area (Å²) in [7, 11) is 0. The normalized spacial score (nSPS) is 10.0. The minimum atomic E-state index is -0.469. The average Bonchev–Trinajstić information content (AvgIpc) is 2.34. The molecule has 0 saturated carbocycles. The van der Waals surface area contributed by atoms with Crippen LogP contribution in [0.3, 0.4) is 0 Å². The third-order valence-corrected chi connectivity index (χ3v) is 2.44. The lowest BCUT2D eigenvalue weighted by molar-refractivity contribution is 0.112. The number of halogens is 2. The Morgan fingerprint density at radius 1 is 1.12 bits per heavy atom. The van der Waals surface area contributed by atoms with Crippen molar-refractivity contribution in [2.45, 2.75) is 0 Å². The van der Waals surface area contributed by atoms with Gasteiger partial charge >= 0.3 is 0 Å². The zero-order chi connectivity index (χ0) is 12.3. The van der Waals surface area contributed by atoms with Crippen LogP contribution in [0.5, 0.6) is 11.5 Å². The van der Waals surface area contributed by atoms with E-state index in [9.17, 15) is 9.18 Å². The Hall–Kier alpha value is -1.87. The van der Waals surface area contributed by atoms with Gasteiger partial charge < -0.3 is 4.74 Å². The lowest BCUT2D eigenvalue weighted by Gasteiger charge is -2.08. The van der Waals surface area contributed by atoms with Crippen LogP contribution < -0.4 is 4.74 Å². The van der Waals surface area contributed by atoms with Crippen LogP contribution in [0.2, 0.25) is 5.02 Å². The largest absolute Gasteiger partial charge is 0.453 e. The van der Waals surface area contributed by atoms with Gasteiger partial charge in [-0.3, -0.25) is 4.79 Å². The molecule has 0 aliphatic carbocycles. The number of hydrogen-bond acceptors (Lipinski definition) is 2. The van der Waals surface area contributed by atoms with Gasteiger partial charge in [0.15, 0.2) is 11.6 Å². The van der Waals surface area contributed by atoms with E-state index in [1.807, 2.05) is 0 Å². The van der Waals surface area contributed by atoms with Crippen LogP contribution in [-0.4, -0.2) is 6.29 Å². The smallest absolute Gasteiger partial charge is 0.165 e. The zero-order valence-electron chi connectivity index (χ0n) is 8.69. The fourth-order valence-electron chi connectivity index (χ4n) is 1.32. The quantitative estimate of drug-likeness (QED) is 0.767. The van der Waals surface area contributed by atoms with Gasteiger partial charge in [-0.05, 0) is 30.3 Å². The van der Waals surface area contributed by atoms with Gasteiger partial charge in [0.25, 0.3) is 0 Å². The Bertz CT molecular complexity index is 555. The summed E-state index contributed by atoms with van der Waals surface area (Å²) in [6, 6.07) is 10.6.